The van der Waals surface area contributed by atoms with Crippen LogP contribution in [0, 0.1) is 0 Å². The van der Waals surface area contributed by atoms with E-state index in [1.54, 1.807) is 0 Å². The average molecular weight is 659 g/mol. The van der Waals surface area contributed by atoms with Gasteiger partial charge in [-0.3, -0.25) is 10.5 Å². The Hall–Kier alpha value is -0.00623. The van der Waals surface area contributed by atoms with Gasteiger partial charge in [0.15, 0.2) is 16.6 Å². The van der Waals surface area contributed by atoms with Crippen molar-refractivity contribution in [3.63, 3.8) is 0 Å². The lowest BCUT2D eigenvalue weighted by atomic mass is 9.88. The highest BCUT2D eigenvalue weighted by atomic mass is 28.4. The second-order valence-electron chi connectivity index (χ2n) is 14.1. The summed E-state index contributed by atoms with van der Waals surface area (Å²) in [6.45, 7) is 31.4. The Kier molecular flexibility index (Phi) is 20.3. The first kappa shape index (κ1) is 43.0. The van der Waals surface area contributed by atoms with E-state index in [4.69, 9.17) is 43.1 Å². The molecule has 13 heteroatoms. The van der Waals surface area contributed by atoms with E-state index in [0.29, 0.717) is 52.7 Å². The van der Waals surface area contributed by atoms with Crippen LogP contribution in [0.3, 0.4) is 0 Å². The topological polar surface area (TPSA) is 124 Å². The van der Waals surface area contributed by atoms with Gasteiger partial charge in [0.1, 0.15) is 24.9 Å². The van der Waals surface area contributed by atoms with Crippen LogP contribution < -0.4 is 0 Å². The lowest BCUT2D eigenvalue weighted by Crippen LogP contribution is -2.54. The minimum Gasteiger partial charge on any atom is -0.414 e. The minimum atomic E-state index is -1.87. The van der Waals surface area contributed by atoms with Crippen LogP contribution in [0.4, 0.5) is 0 Å². The van der Waals surface area contributed by atoms with Crippen LogP contribution in [0.5, 0.6) is 0 Å². The molecule has 0 heterocycles. The van der Waals surface area contributed by atoms with E-state index in [1.807, 2.05) is 13.8 Å². The highest BCUT2D eigenvalue weighted by Crippen LogP contribution is 2.37. The summed E-state index contributed by atoms with van der Waals surface area (Å²) in [5, 5.41) is 17.5. The molecule has 0 aromatic heterocycles. The largest absolute Gasteiger partial charge is 0.414 e. The summed E-state index contributed by atoms with van der Waals surface area (Å²) < 4.78 is 43.0. The quantitative estimate of drug-likeness (QED) is 0.0491. The summed E-state index contributed by atoms with van der Waals surface area (Å²) >= 11 is 0. The average Bonchev–Trinajstić information content (AvgIpc) is 2.89. The van der Waals surface area contributed by atoms with E-state index in [0.717, 1.165) is 0 Å². The van der Waals surface area contributed by atoms with Crippen LogP contribution in [0.25, 0.3) is 0 Å². The molecule has 0 radical (unpaired) electrons. The zero-order valence-corrected chi connectivity index (χ0v) is 31.6. The first-order valence-corrected chi connectivity index (χ1v) is 21.5. The number of hydrogen-bond acceptors (Lipinski definition) is 11. The number of hydrogen-bond donors (Lipinski definition) is 2. The summed E-state index contributed by atoms with van der Waals surface area (Å²) in [6.07, 6.45) is -0.468. The van der Waals surface area contributed by atoms with Gasteiger partial charge in [-0.1, -0.05) is 48.5 Å². The molecule has 0 aromatic rings. The maximum absolute atomic E-state index is 8.60. The predicted octanol–water partition coefficient (Wildman–Crippen LogP) is 6.39. The van der Waals surface area contributed by atoms with E-state index >= 15 is 0 Å². The molecule has 0 aliphatic heterocycles. The first-order chi connectivity index (χ1) is 19.8. The van der Waals surface area contributed by atoms with Crippen molar-refractivity contribution in [3.8, 4) is 0 Å². The van der Waals surface area contributed by atoms with Crippen LogP contribution in [0.15, 0.2) is 0 Å². The normalized spacial score (nSPS) is 16.5. The molecule has 2 unspecified atom stereocenters. The molecule has 0 aromatic carbocycles. The van der Waals surface area contributed by atoms with Gasteiger partial charge in [0.05, 0.1) is 65.1 Å². The Morgan fingerprint density at radius 2 is 0.977 bits per heavy atom. The molecule has 0 fully saturated rings. The monoisotopic (exact) mass is 658 g/mol. The fourth-order valence-corrected chi connectivity index (χ4v) is 6.03. The van der Waals surface area contributed by atoms with E-state index in [2.05, 4.69) is 84.4 Å². The molecular weight excluding hydrogens is 592 g/mol. The van der Waals surface area contributed by atoms with Gasteiger partial charge in [0, 0.05) is 0 Å². The van der Waals surface area contributed by atoms with Crippen LogP contribution in [0.2, 0.25) is 36.3 Å². The van der Waals surface area contributed by atoms with E-state index in [9.17, 15) is 0 Å². The fraction of sp³-hybridized carbons (Fsp3) is 1.00. The smallest absolute Gasteiger partial charge is 0.192 e. The van der Waals surface area contributed by atoms with Gasteiger partial charge in [-0.25, -0.2) is 9.78 Å². The molecule has 0 saturated heterocycles. The van der Waals surface area contributed by atoms with Crippen LogP contribution in [0.1, 0.15) is 68.7 Å². The molecule has 0 aliphatic rings. The van der Waals surface area contributed by atoms with Gasteiger partial charge < -0.3 is 32.5 Å². The highest BCUT2D eigenvalue weighted by molar-refractivity contribution is 6.74. The molecule has 0 bridgehead atoms. The zero-order valence-electron chi connectivity index (χ0n) is 29.6. The summed E-state index contributed by atoms with van der Waals surface area (Å²) in [4.78, 5) is 8.13. The van der Waals surface area contributed by atoms with E-state index < -0.39 is 28.3 Å². The van der Waals surface area contributed by atoms with Gasteiger partial charge in [0.25, 0.3) is 0 Å². The molecule has 0 aliphatic carbocycles. The molecule has 11 nitrogen and oxygen atoms in total. The standard InChI is InChI=1S/C30H66O11Si2/c1-14-30(25(2)34-18-21-40-42(10,11)28(4,5)6,26(3)35-19-22-41-43(12,13)29(7,8)9)37-20-16-33-15-17-36-27(23-38-31)24-39-32/h25-27,31-32H,14-24H2,1-13H3. The van der Waals surface area contributed by atoms with Crippen molar-refractivity contribution in [2.45, 2.75) is 129 Å². The van der Waals surface area contributed by atoms with Crippen LogP contribution in [-0.2, 0) is 42.3 Å². The lowest BCUT2D eigenvalue weighted by Gasteiger charge is -2.43. The van der Waals surface area contributed by atoms with Crippen molar-refractivity contribution in [2.75, 3.05) is 66.1 Å². The van der Waals surface area contributed by atoms with Crippen molar-refractivity contribution in [3.05, 3.63) is 0 Å². The SMILES string of the molecule is CCC(OCCOCCOC(COO)COO)(C(C)OCCO[Si](C)(C)C(C)(C)C)C(C)OCCO[Si](C)(C)C(C)(C)C. The van der Waals surface area contributed by atoms with Crippen LogP contribution >= 0.6 is 0 Å². The fourth-order valence-electron chi connectivity index (χ4n) is 3.98. The van der Waals surface area contributed by atoms with Gasteiger partial charge in [-0.2, -0.15) is 0 Å². The van der Waals surface area contributed by atoms with Gasteiger partial charge in [0.2, 0.25) is 0 Å². The molecule has 0 amide bonds. The van der Waals surface area contributed by atoms with Gasteiger partial charge in [-0.15, -0.1) is 0 Å². The van der Waals surface area contributed by atoms with Crippen molar-refractivity contribution >= 4 is 16.6 Å². The highest BCUT2D eigenvalue weighted by Gasteiger charge is 2.43. The third kappa shape index (κ3) is 15.4. The second kappa shape index (κ2) is 20.3. The Bertz CT molecular complexity index is 665. The molecule has 0 spiro atoms. The Balaban J connectivity index is 5.20. The molecular formula is C30H66O11Si2. The van der Waals surface area contributed by atoms with Crippen molar-refractivity contribution < 1.29 is 52.8 Å². The maximum Gasteiger partial charge on any atom is 0.192 e. The predicted molar refractivity (Wildman–Crippen MR) is 174 cm³/mol. The number of ether oxygens (including phenoxy) is 5. The Morgan fingerprint density at radius 1 is 0.581 bits per heavy atom. The maximum atomic E-state index is 8.60. The third-order valence-electron chi connectivity index (χ3n) is 9.07. The summed E-state index contributed by atoms with van der Waals surface area (Å²) in [5.74, 6) is 0. The van der Waals surface area contributed by atoms with E-state index in [1.165, 1.54) is 0 Å². The molecule has 0 rings (SSSR count). The summed E-state index contributed by atoms with van der Waals surface area (Å²) in [5.41, 5.74) is -0.712. The van der Waals surface area contributed by atoms with Gasteiger partial charge >= 0.3 is 0 Å². The van der Waals surface area contributed by atoms with E-state index in [-0.39, 0.29) is 42.1 Å². The van der Waals surface area contributed by atoms with Crippen molar-refractivity contribution in [1.29, 1.82) is 0 Å². The number of rotatable bonds is 25. The molecule has 260 valence electrons. The second-order valence-corrected chi connectivity index (χ2v) is 23.7. The molecule has 43 heavy (non-hydrogen) atoms. The third-order valence-corrected chi connectivity index (χ3v) is 18.1. The van der Waals surface area contributed by atoms with Crippen molar-refractivity contribution in [1.82, 2.24) is 0 Å². The summed E-state index contributed by atoms with van der Waals surface area (Å²) in [6, 6.07) is 0. The first-order valence-electron chi connectivity index (χ1n) is 15.7. The summed E-state index contributed by atoms with van der Waals surface area (Å²) in [7, 11) is -3.74. The zero-order chi connectivity index (χ0) is 33.4. The minimum absolute atomic E-state index is 0.125. The molecule has 2 N–H and O–H groups in total. The lowest BCUT2D eigenvalue weighted by molar-refractivity contribution is -0.295. The van der Waals surface area contributed by atoms with Crippen molar-refractivity contribution in [2.24, 2.45) is 0 Å². The van der Waals surface area contributed by atoms with Gasteiger partial charge in [-0.05, 0) is 56.5 Å². The Labute approximate surface area is 264 Å². The Morgan fingerprint density at radius 3 is 1.35 bits per heavy atom. The molecule has 0 saturated carbocycles. The van der Waals surface area contributed by atoms with Crippen LogP contribution in [-0.4, -0.2) is 117 Å². The molecule has 2 atom stereocenters.